The zero-order chi connectivity index (χ0) is 35.6. The first kappa shape index (κ1) is 38.9. The molecule has 2 aromatic carbocycles. The van der Waals surface area contributed by atoms with Crippen molar-refractivity contribution < 1.29 is 38.1 Å². The van der Waals surface area contributed by atoms with Gasteiger partial charge in [-0.15, -0.1) is 0 Å². The molecule has 8 nitrogen and oxygen atoms in total. The number of rotatable bonds is 14. The van der Waals surface area contributed by atoms with Crippen LogP contribution in [0.25, 0.3) is 0 Å². The molecule has 2 aromatic rings. The van der Waals surface area contributed by atoms with Crippen LogP contribution in [0, 0.1) is 22.7 Å². The van der Waals surface area contributed by atoms with Gasteiger partial charge in [-0.3, -0.25) is 0 Å². The van der Waals surface area contributed by atoms with Crippen LogP contribution in [0.3, 0.4) is 0 Å². The number of benzene rings is 2. The van der Waals surface area contributed by atoms with E-state index in [4.69, 9.17) is 88.6 Å². The van der Waals surface area contributed by atoms with E-state index in [9.17, 15) is 19.2 Å². The van der Waals surface area contributed by atoms with E-state index >= 15 is 0 Å². The van der Waals surface area contributed by atoms with Crippen LogP contribution in [0.5, 0.6) is 11.5 Å². The molecule has 262 valence electrons. The number of carbonyl (C=O) groups excluding carboxylic acids is 4. The van der Waals surface area contributed by atoms with Crippen molar-refractivity contribution in [3.63, 3.8) is 0 Å². The van der Waals surface area contributed by atoms with Crippen LogP contribution in [0.15, 0.2) is 12.1 Å². The quantitative estimate of drug-likeness (QED) is 0.0613. The first-order valence-corrected chi connectivity index (χ1v) is 17.9. The van der Waals surface area contributed by atoms with Gasteiger partial charge in [0.2, 0.25) is 0 Å². The molecule has 2 aliphatic carbocycles. The highest BCUT2D eigenvalue weighted by Crippen LogP contribution is 2.53. The minimum Gasteiger partial charge on any atom is -0.462 e. The van der Waals surface area contributed by atoms with Gasteiger partial charge < -0.3 is 18.9 Å². The fraction of sp³-hybridized carbons (Fsp3) is 0.529. The van der Waals surface area contributed by atoms with Crippen LogP contribution in [0.2, 0.25) is 30.1 Å². The van der Waals surface area contributed by atoms with Gasteiger partial charge in [-0.05, 0) is 86.2 Å². The second-order valence-corrected chi connectivity index (χ2v) is 15.5. The van der Waals surface area contributed by atoms with Crippen molar-refractivity contribution in [2.45, 2.75) is 79.1 Å². The topological polar surface area (TPSA) is 105 Å². The van der Waals surface area contributed by atoms with Crippen molar-refractivity contribution in [1.82, 2.24) is 0 Å². The fourth-order valence-electron chi connectivity index (χ4n) is 5.32. The Bertz CT molecular complexity index is 1480. The molecule has 0 amide bonds. The second kappa shape index (κ2) is 15.9. The lowest BCUT2D eigenvalue weighted by Crippen LogP contribution is -2.27. The van der Waals surface area contributed by atoms with E-state index in [0.29, 0.717) is 35.5 Å². The van der Waals surface area contributed by atoms with E-state index in [0.717, 1.165) is 25.0 Å². The Morgan fingerprint density at radius 2 is 0.958 bits per heavy atom. The molecule has 0 bridgehead atoms. The first-order valence-electron chi connectivity index (χ1n) is 15.6. The Morgan fingerprint density at radius 3 is 1.27 bits per heavy atom. The zero-order valence-electron chi connectivity index (χ0n) is 26.9. The summed E-state index contributed by atoms with van der Waals surface area (Å²) in [7, 11) is 0. The predicted octanol–water partition coefficient (Wildman–Crippen LogP) is 10.9. The van der Waals surface area contributed by atoms with Crippen LogP contribution in [0.1, 0.15) is 99.8 Å². The van der Waals surface area contributed by atoms with E-state index in [2.05, 4.69) is 27.7 Å². The van der Waals surface area contributed by atoms with Crippen LogP contribution in [-0.4, -0.2) is 37.1 Å². The lowest BCUT2D eigenvalue weighted by molar-refractivity contribution is -0.156. The summed E-state index contributed by atoms with van der Waals surface area (Å²) in [5.74, 6) is -5.46. The molecule has 2 fully saturated rings. The summed E-state index contributed by atoms with van der Waals surface area (Å²) in [6.07, 6.45) is 7.53. The standard InChI is InChI=1S/C34H36Cl6O8/c1-17(33(3)9-10-33)7-5-13-45-29(41)23-25(39)19(35)15-21(37)27(23)47-31(43)32(44)48-28-22(38)16-20(36)26(40)24(28)30(42)46-14-6-8-18(2)34(4)11-12-34/h15-18H,5-14H2,1-4H3. The van der Waals surface area contributed by atoms with Crippen LogP contribution >= 0.6 is 69.6 Å². The van der Waals surface area contributed by atoms with Crippen molar-refractivity contribution in [3.8, 4) is 11.5 Å². The minimum absolute atomic E-state index is 0.0578. The molecule has 2 unspecified atom stereocenters. The molecule has 2 atom stereocenters. The summed E-state index contributed by atoms with van der Waals surface area (Å²) in [5.41, 5.74) is -0.281. The molecule has 0 radical (unpaired) electrons. The molecule has 0 heterocycles. The maximum absolute atomic E-state index is 13.1. The lowest BCUT2D eigenvalue weighted by Gasteiger charge is -2.19. The summed E-state index contributed by atoms with van der Waals surface area (Å²) in [6, 6.07) is 2.26. The number of hydrogen-bond donors (Lipinski definition) is 0. The number of ether oxygens (including phenoxy) is 4. The molecule has 4 rings (SSSR count). The van der Waals surface area contributed by atoms with Crippen molar-refractivity contribution in [3.05, 3.63) is 53.4 Å². The van der Waals surface area contributed by atoms with Gasteiger partial charge in [-0.2, -0.15) is 0 Å². The van der Waals surface area contributed by atoms with E-state index in [-0.39, 0.29) is 43.3 Å². The predicted molar refractivity (Wildman–Crippen MR) is 186 cm³/mol. The summed E-state index contributed by atoms with van der Waals surface area (Å²) >= 11 is 37.4. The molecule has 0 N–H and O–H groups in total. The fourth-order valence-corrected chi connectivity index (χ4v) is 6.76. The first-order chi connectivity index (χ1) is 22.5. The molecule has 0 aliphatic heterocycles. The average Bonchev–Trinajstić information content (AvgIpc) is 3.96. The smallest absolute Gasteiger partial charge is 0.423 e. The Hall–Kier alpha value is -1.94. The Balaban J connectivity index is 1.45. The molecule has 48 heavy (non-hydrogen) atoms. The van der Waals surface area contributed by atoms with E-state index in [1.165, 1.54) is 25.7 Å². The van der Waals surface area contributed by atoms with Gasteiger partial charge in [0.15, 0.2) is 11.5 Å². The Kier molecular flexibility index (Phi) is 12.9. The summed E-state index contributed by atoms with van der Waals surface area (Å²) in [6.45, 7) is 8.89. The molecule has 2 aliphatic rings. The highest BCUT2D eigenvalue weighted by atomic mass is 35.5. The monoisotopic (exact) mass is 782 g/mol. The van der Waals surface area contributed by atoms with Gasteiger partial charge in [-0.1, -0.05) is 97.3 Å². The Labute approximate surface area is 309 Å². The Morgan fingerprint density at radius 1 is 0.625 bits per heavy atom. The molecule has 2 saturated carbocycles. The van der Waals surface area contributed by atoms with Crippen molar-refractivity contribution in [2.75, 3.05) is 13.2 Å². The van der Waals surface area contributed by atoms with Gasteiger partial charge in [0.25, 0.3) is 0 Å². The number of carbonyl (C=O) groups is 4. The molecular weight excluding hydrogens is 749 g/mol. The maximum atomic E-state index is 13.1. The van der Waals surface area contributed by atoms with E-state index in [1.807, 2.05) is 0 Å². The zero-order valence-corrected chi connectivity index (χ0v) is 31.4. The van der Waals surface area contributed by atoms with Crippen molar-refractivity contribution in [1.29, 1.82) is 0 Å². The number of hydrogen-bond acceptors (Lipinski definition) is 8. The largest absolute Gasteiger partial charge is 0.462 e. The molecule has 0 aromatic heterocycles. The summed E-state index contributed by atoms with van der Waals surface area (Å²) in [5, 5.41) is -1.47. The molecule has 0 saturated heterocycles. The third kappa shape index (κ3) is 9.23. The lowest BCUT2D eigenvalue weighted by atomic mass is 9.89. The molecular formula is C34H36Cl6O8. The number of esters is 4. The van der Waals surface area contributed by atoms with Crippen molar-refractivity contribution >= 4 is 93.5 Å². The number of halogens is 6. The molecule has 0 spiro atoms. The third-order valence-electron chi connectivity index (χ3n) is 9.70. The third-order valence-corrected chi connectivity index (χ3v) is 11.8. The van der Waals surface area contributed by atoms with E-state index in [1.54, 1.807) is 0 Å². The summed E-state index contributed by atoms with van der Waals surface area (Å²) in [4.78, 5) is 52.1. The minimum atomic E-state index is -1.64. The maximum Gasteiger partial charge on any atom is 0.423 e. The van der Waals surface area contributed by atoms with Crippen LogP contribution in [-0.2, 0) is 19.1 Å². The van der Waals surface area contributed by atoms with Gasteiger partial charge in [0.05, 0.1) is 43.3 Å². The normalized spacial score (nSPS) is 16.8. The highest BCUT2D eigenvalue weighted by Gasteiger charge is 2.42. The molecule has 14 heteroatoms. The summed E-state index contributed by atoms with van der Waals surface area (Å²) < 4.78 is 21.2. The van der Waals surface area contributed by atoms with Crippen molar-refractivity contribution in [2.24, 2.45) is 22.7 Å². The average molecular weight is 785 g/mol. The van der Waals surface area contributed by atoms with Gasteiger partial charge in [0.1, 0.15) is 11.1 Å². The highest BCUT2D eigenvalue weighted by molar-refractivity contribution is 6.47. The van der Waals surface area contributed by atoms with Gasteiger partial charge in [0, 0.05) is 0 Å². The van der Waals surface area contributed by atoms with Gasteiger partial charge in [-0.25, -0.2) is 19.2 Å². The van der Waals surface area contributed by atoms with Crippen LogP contribution in [0.4, 0.5) is 0 Å². The van der Waals surface area contributed by atoms with Gasteiger partial charge >= 0.3 is 23.9 Å². The SMILES string of the molecule is CC(CCCOC(=O)c1c(Cl)c(Cl)cc(Cl)c1OC(=O)C(=O)Oc1c(Cl)cc(Cl)c(Cl)c1C(=O)OCCCC(C)C1(C)CC1)C1(C)CC1. The van der Waals surface area contributed by atoms with E-state index < -0.39 is 46.5 Å². The second-order valence-electron chi connectivity index (χ2n) is 13.2. The van der Waals surface area contributed by atoms with Crippen LogP contribution < -0.4 is 9.47 Å².